The maximum absolute atomic E-state index is 13.4. The number of amides is 3. The monoisotopic (exact) mass is 765 g/mol. The van der Waals surface area contributed by atoms with E-state index >= 15 is 0 Å². The summed E-state index contributed by atoms with van der Waals surface area (Å²) in [5, 5.41) is 18.7. The van der Waals surface area contributed by atoms with Crippen LogP contribution in [0.15, 0.2) is 133 Å². The van der Waals surface area contributed by atoms with Crippen molar-refractivity contribution < 1.29 is 24.2 Å². The minimum absolute atomic E-state index is 0.0165. The van der Waals surface area contributed by atoms with E-state index in [1.54, 1.807) is 0 Å². The topological polar surface area (TPSA) is 115 Å². The van der Waals surface area contributed by atoms with Crippen LogP contribution in [0.1, 0.15) is 60.0 Å². The van der Waals surface area contributed by atoms with Crippen LogP contribution in [0.5, 0.6) is 0 Å². The molecule has 4 atom stereocenters. The zero-order valence-corrected chi connectivity index (χ0v) is 32.3. The number of aliphatic hydroxyl groups excluding tert-OH is 1. The summed E-state index contributed by atoms with van der Waals surface area (Å²) in [6.07, 6.45) is 0.468. The second-order valence-corrected chi connectivity index (χ2v) is 15.4. The molecular weight excluding hydrogens is 715 g/mol. The van der Waals surface area contributed by atoms with E-state index in [1.165, 1.54) is 0 Å². The summed E-state index contributed by atoms with van der Waals surface area (Å²) in [6.45, 7) is 5.82. The van der Waals surface area contributed by atoms with Crippen LogP contribution in [0, 0.1) is 5.92 Å². The van der Waals surface area contributed by atoms with Gasteiger partial charge in [0.2, 0.25) is 5.91 Å². The summed E-state index contributed by atoms with van der Waals surface area (Å²) >= 11 is 0. The smallest absolute Gasteiger partial charge is 0.315 e. The average molecular weight is 766 g/mol. The van der Waals surface area contributed by atoms with Gasteiger partial charge in [-0.25, -0.2) is 4.79 Å². The van der Waals surface area contributed by atoms with Crippen LogP contribution >= 0.6 is 0 Å². The fourth-order valence-electron chi connectivity index (χ4n) is 8.47. The van der Waals surface area contributed by atoms with Gasteiger partial charge in [-0.3, -0.25) is 4.79 Å². The van der Waals surface area contributed by atoms with Crippen LogP contribution in [-0.2, 0) is 34.0 Å². The fourth-order valence-corrected chi connectivity index (χ4v) is 8.47. The van der Waals surface area contributed by atoms with Crippen molar-refractivity contribution in [3.05, 3.63) is 161 Å². The van der Waals surface area contributed by atoms with Crippen molar-refractivity contribution in [1.29, 1.82) is 0 Å². The lowest BCUT2D eigenvalue weighted by Gasteiger charge is -2.46. The summed E-state index contributed by atoms with van der Waals surface area (Å²) in [5.74, 6) is 0.143. The van der Waals surface area contributed by atoms with Crippen LogP contribution in [0.2, 0.25) is 0 Å². The van der Waals surface area contributed by atoms with Gasteiger partial charge in [-0.1, -0.05) is 116 Å². The molecule has 0 aliphatic carbocycles. The first-order chi connectivity index (χ1) is 27.9. The summed E-state index contributed by atoms with van der Waals surface area (Å²) in [5.41, 5.74) is 7.41. The highest BCUT2D eigenvalue weighted by atomic mass is 16.7. The number of nitrogens with zero attached hydrogens (tertiary/aromatic N) is 2. The highest BCUT2D eigenvalue weighted by Crippen LogP contribution is 2.43. The molecule has 5 aromatic rings. The first kappa shape index (κ1) is 38.4. The Morgan fingerprint density at radius 1 is 0.754 bits per heavy atom. The van der Waals surface area contributed by atoms with Crippen molar-refractivity contribution in [2.75, 3.05) is 31.2 Å². The molecular formula is C47H51N5O5. The van der Waals surface area contributed by atoms with E-state index in [9.17, 15) is 14.7 Å². The second-order valence-electron chi connectivity index (χ2n) is 15.4. The second kappa shape index (κ2) is 17.3. The van der Waals surface area contributed by atoms with Crippen LogP contribution < -0.4 is 20.9 Å². The van der Waals surface area contributed by atoms with Crippen molar-refractivity contribution in [2.45, 2.75) is 63.5 Å². The van der Waals surface area contributed by atoms with E-state index in [0.29, 0.717) is 26.3 Å². The standard InChI is InChI=1S/C47H51N5O5/c1-33-42(30-51-24-22-47(23-25-51)45(54)50-32-52(47)41-16-6-3-7-17-41)56-44(57-43(33)37-20-18-35(31-53)19-21-37)40-15-9-14-39(27-40)38-13-8-12-36(26-38)29-49-46(55)48-28-34-10-4-2-5-11-34/h2-21,26-27,33,42-44,53H,22-25,28-32H2,1H3,(H,50,54)(H2,48,49,55)/t33-,42+,43+,44+/m0/s1. The Labute approximate surface area is 334 Å². The molecule has 57 heavy (non-hydrogen) atoms. The van der Waals surface area contributed by atoms with Gasteiger partial charge in [-0.05, 0) is 70.5 Å². The first-order valence-electron chi connectivity index (χ1n) is 20.0. The van der Waals surface area contributed by atoms with E-state index in [2.05, 4.69) is 75.1 Å². The van der Waals surface area contributed by atoms with Crippen molar-refractivity contribution in [1.82, 2.24) is 20.9 Å². The molecule has 4 N–H and O–H groups in total. The molecule has 10 heteroatoms. The third-order valence-electron chi connectivity index (χ3n) is 11.8. The zero-order valence-electron chi connectivity index (χ0n) is 32.3. The normalized spacial score (nSPS) is 21.9. The Morgan fingerprint density at radius 2 is 1.40 bits per heavy atom. The Bertz CT molecular complexity index is 2120. The van der Waals surface area contributed by atoms with Crippen molar-refractivity contribution in [3.63, 3.8) is 0 Å². The Hall–Kier alpha value is -5.52. The van der Waals surface area contributed by atoms with Crippen LogP contribution in [0.3, 0.4) is 0 Å². The summed E-state index contributed by atoms with van der Waals surface area (Å²) in [4.78, 5) is 30.6. The lowest BCUT2D eigenvalue weighted by Crippen LogP contribution is -2.57. The Morgan fingerprint density at radius 3 is 2.12 bits per heavy atom. The van der Waals surface area contributed by atoms with Crippen LogP contribution in [0.25, 0.3) is 11.1 Å². The van der Waals surface area contributed by atoms with Crippen LogP contribution in [0.4, 0.5) is 10.5 Å². The molecule has 8 rings (SSSR count). The minimum atomic E-state index is -0.614. The van der Waals surface area contributed by atoms with Gasteiger partial charge in [0.1, 0.15) is 5.54 Å². The first-order valence-corrected chi connectivity index (χ1v) is 20.0. The molecule has 3 aliphatic rings. The van der Waals surface area contributed by atoms with Gasteiger partial charge < -0.3 is 40.3 Å². The SMILES string of the molecule is C[C@H]1[C@@H](CN2CCC3(CC2)C(=O)NCN3c2ccccc2)O[C@@H](c2cccc(-c3cccc(CNC(=O)NCc4ccccc4)c3)c2)O[C@H]1c1ccc(CO)cc1. The minimum Gasteiger partial charge on any atom is -0.392 e. The number of anilines is 1. The number of carbonyl (C=O) groups is 2. The van der Waals surface area contributed by atoms with Gasteiger partial charge in [-0.2, -0.15) is 0 Å². The Kier molecular flexibility index (Phi) is 11.7. The zero-order chi connectivity index (χ0) is 39.2. The quantitative estimate of drug-likeness (QED) is 0.114. The van der Waals surface area contributed by atoms with E-state index in [-0.39, 0.29) is 36.7 Å². The van der Waals surface area contributed by atoms with E-state index in [0.717, 1.165) is 70.6 Å². The van der Waals surface area contributed by atoms with E-state index < -0.39 is 11.8 Å². The third-order valence-corrected chi connectivity index (χ3v) is 11.8. The average Bonchev–Trinajstić information content (AvgIpc) is 3.58. The molecule has 3 heterocycles. The predicted molar refractivity (Wildman–Crippen MR) is 221 cm³/mol. The molecule has 3 fully saturated rings. The number of likely N-dealkylation sites (tertiary alicyclic amines) is 1. The van der Waals surface area contributed by atoms with Crippen molar-refractivity contribution >= 4 is 17.6 Å². The molecule has 0 bridgehead atoms. The number of urea groups is 1. The van der Waals surface area contributed by atoms with Gasteiger partial charge in [0.15, 0.2) is 6.29 Å². The Balaban J connectivity index is 0.972. The van der Waals surface area contributed by atoms with E-state index in [1.807, 2.05) is 91.0 Å². The number of carbonyl (C=O) groups excluding carboxylic acids is 2. The molecule has 3 saturated heterocycles. The number of rotatable bonds is 11. The molecule has 0 radical (unpaired) electrons. The van der Waals surface area contributed by atoms with Gasteiger partial charge >= 0.3 is 6.03 Å². The van der Waals surface area contributed by atoms with Gasteiger partial charge in [0.05, 0.1) is 25.5 Å². The van der Waals surface area contributed by atoms with Crippen LogP contribution in [-0.4, -0.2) is 59.9 Å². The largest absolute Gasteiger partial charge is 0.392 e. The van der Waals surface area contributed by atoms with E-state index in [4.69, 9.17) is 9.47 Å². The number of para-hydroxylation sites is 1. The molecule has 0 saturated carbocycles. The number of ether oxygens (including phenoxy) is 2. The number of benzene rings is 5. The van der Waals surface area contributed by atoms with Gasteiger partial charge in [0, 0.05) is 49.9 Å². The number of nitrogens with one attached hydrogen (secondary N) is 3. The van der Waals surface area contributed by atoms with Crippen molar-refractivity contribution in [2.24, 2.45) is 5.92 Å². The lowest BCUT2D eigenvalue weighted by molar-refractivity contribution is -0.276. The van der Waals surface area contributed by atoms with Gasteiger partial charge in [-0.15, -0.1) is 0 Å². The predicted octanol–water partition coefficient (Wildman–Crippen LogP) is 7.07. The van der Waals surface area contributed by atoms with Gasteiger partial charge in [0.25, 0.3) is 0 Å². The number of aliphatic hydroxyl groups is 1. The molecule has 294 valence electrons. The number of hydrogen-bond donors (Lipinski definition) is 4. The molecule has 5 aromatic carbocycles. The third kappa shape index (κ3) is 8.60. The number of hydrogen-bond acceptors (Lipinski definition) is 7. The molecule has 0 aromatic heterocycles. The molecule has 0 unspecified atom stereocenters. The summed E-state index contributed by atoms with van der Waals surface area (Å²) in [7, 11) is 0. The molecule has 10 nitrogen and oxygen atoms in total. The number of piperidine rings is 1. The highest BCUT2D eigenvalue weighted by Gasteiger charge is 2.51. The summed E-state index contributed by atoms with van der Waals surface area (Å²) < 4.78 is 13.7. The lowest BCUT2D eigenvalue weighted by atomic mass is 9.84. The maximum atomic E-state index is 13.4. The summed E-state index contributed by atoms with van der Waals surface area (Å²) in [6, 6.07) is 44.3. The molecule has 3 amide bonds. The van der Waals surface area contributed by atoms with Crippen molar-refractivity contribution in [3.8, 4) is 11.1 Å². The fraction of sp³-hybridized carbons (Fsp3) is 0.319. The molecule has 3 aliphatic heterocycles. The molecule has 1 spiro atoms. The highest BCUT2D eigenvalue weighted by molar-refractivity contribution is 5.93. The maximum Gasteiger partial charge on any atom is 0.315 e.